The Morgan fingerprint density at radius 3 is 2.61 bits per heavy atom. The molecule has 0 bridgehead atoms. The summed E-state index contributed by atoms with van der Waals surface area (Å²) < 4.78 is 0. The van der Waals surface area contributed by atoms with E-state index in [4.69, 9.17) is 5.73 Å². The molecule has 0 heterocycles. The van der Waals surface area contributed by atoms with Gasteiger partial charge in [0.05, 0.1) is 0 Å². The van der Waals surface area contributed by atoms with Gasteiger partial charge in [-0.1, -0.05) is 43.7 Å². The maximum atomic E-state index is 5.93. The lowest BCUT2D eigenvalue weighted by Gasteiger charge is -2.27. The van der Waals surface area contributed by atoms with Crippen LogP contribution in [0.15, 0.2) is 42.5 Å². The number of benzene rings is 1. The SMILES string of the molecule is CCCCN(CC1C=CC(N)C1)c1ccccc1. The molecule has 1 aliphatic carbocycles. The Labute approximate surface area is 110 Å². The van der Waals surface area contributed by atoms with Gasteiger partial charge in [-0.25, -0.2) is 0 Å². The van der Waals surface area contributed by atoms with Crippen LogP contribution in [-0.2, 0) is 0 Å². The predicted octanol–water partition coefficient (Wildman–Crippen LogP) is 3.20. The van der Waals surface area contributed by atoms with Crippen LogP contribution in [0, 0.1) is 5.92 Å². The molecular weight excluding hydrogens is 220 g/mol. The normalized spacial score (nSPS) is 22.3. The van der Waals surface area contributed by atoms with Gasteiger partial charge in [0.2, 0.25) is 0 Å². The first-order valence-electron chi connectivity index (χ1n) is 7.03. The number of hydrogen-bond acceptors (Lipinski definition) is 2. The molecule has 2 atom stereocenters. The molecule has 0 saturated carbocycles. The van der Waals surface area contributed by atoms with E-state index in [0.717, 1.165) is 19.5 Å². The van der Waals surface area contributed by atoms with Gasteiger partial charge in [0.25, 0.3) is 0 Å². The van der Waals surface area contributed by atoms with E-state index in [0.29, 0.717) is 5.92 Å². The van der Waals surface area contributed by atoms with Crippen LogP contribution in [0.2, 0.25) is 0 Å². The number of hydrogen-bond donors (Lipinski definition) is 1. The summed E-state index contributed by atoms with van der Waals surface area (Å²) in [6.45, 7) is 4.48. The van der Waals surface area contributed by atoms with Crippen molar-refractivity contribution in [3.63, 3.8) is 0 Å². The second kappa shape index (κ2) is 6.60. The third-order valence-corrected chi connectivity index (χ3v) is 3.56. The average molecular weight is 244 g/mol. The summed E-state index contributed by atoms with van der Waals surface area (Å²) >= 11 is 0. The largest absolute Gasteiger partial charge is 0.371 e. The number of rotatable bonds is 6. The fourth-order valence-electron chi connectivity index (χ4n) is 2.54. The summed E-state index contributed by atoms with van der Waals surface area (Å²) in [5.74, 6) is 0.608. The van der Waals surface area contributed by atoms with Crippen molar-refractivity contribution in [3.8, 4) is 0 Å². The van der Waals surface area contributed by atoms with Crippen molar-refractivity contribution in [2.75, 3.05) is 18.0 Å². The van der Waals surface area contributed by atoms with Gasteiger partial charge in [0.1, 0.15) is 0 Å². The highest BCUT2D eigenvalue weighted by Crippen LogP contribution is 2.22. The molecule has 2 nitrogen and oxygen atoms in total. The van der Waals surface area contributed by atoms with E-state index >= 15 is 0 Å². The number of nitrogens with zero attached hydrogens (tertiary/aromatic N) is 1. The molecule has 0 aliphatic heterocycles. The third-order valence-electron chi connectivity index (χ3n) is 3.56. The van der Waals surface area contributed by atoms with Gasteiger partial charge in [0, 0.05) is 24.8 Å². The summed E-state index contributed by atoms with van der Waals surface area (Å²) in [5, 5.41) is 0. The maximum Gasteiger partial charge on any atom is 0.0366 e. The molecule has 1 aromatic rings. The van der Waals surface area contributed by atoms with Crippen molar-refractivity contribution in [1.29, 1.82) is 0 Å². The lowest BCUT2D eigenvalue weighted by molar-refractivity contribution is 0.563. The Bertz CT molecular complexity index is 372. The Morgan fingerprint density at radius 1 is 1.22 bits per heavy atom. The first kappa shape index (κ1) is 13.2. The van der Waals surface area contributed by atoms with E-state index in [1.165, 1.54) is 18.5 Å². The fourth-order valence-corrected chi connectivity index (χ4v) is 2.54. The highest BCUT2D eigenvalue weighted by molar-refractivity contribution is 5.46. The molecule has 1 aliphatic rings. The lowest BCUT2D eigenvalue weighted by Crippen LogP contribution is -2.30. The molecule has 0 aromatic heterocycles. The molecule has 2 rings (SSSR count). The first-order valence-corrected chi connectivity index (χ1v) is 7.03. The molecule has 98 valence electrons. The predicted molar refractivity (Wildman–Crippen MR) is 78.8 cm³/mol. The monoisotopic (exact) mass is 244 g/mol. The second-order valence-electron chi connectivity index (χ2n) is 5.18. The molecule has 0 spiro atoms. The first-order chi connectivity index (χ1) is 8.79. The minimum Gasteiger partial charge on any atom is -0.371 e. The summed E-state index contributed by atoms with van der Waals surface area (Å²) in [4.78, 5) is 2.50. The minimum atomic E-state index is 0.263. The molecule has 0 radical (unpaired) electrons. The Kier molecular flexibility index (Phi) is 4.82. The Hall–Kier alpha value is -1.28. The van der Waals surface area contributed by atoms with Gasteiger partial charge in [-0.05, 0) is 30.9 Å². The van der Waals surface area contributed by atoms with E-state index in [2.05, 4.69) is 54.3 Å². The quantitative estimate of drug-likeness (QED) is 0.779. The zero-order valence-corrected chi connectivity index (χ0v) is 11.3. The van der Waals surface area contributed by atoms with Gasteiger partial charge in [-0.15, -0.1) is 0 Å². The Morgan fingerprint density at radius 2 is 2.00 bits per heavy atom. The topological polar surface area (TPSA) is 29.3 Å². The van der Waals surface area contributed by atoms with Crippen LogP contribution in [0.3, 0.4) is 0 Å². The van der Waals surface area contributed by atoms with Crippen molar-refractivity contribution in [2.45, 2.75) is 32.2 Å². The lowest BCUT2D eigenvalue weighted by atomic mass is 10.1. The summed E-state index contributed by atoms with van der Waals surface area (Å²) in [6, 6.07) is 11.0. The van der Waals surface area contributed by atoms with Crippen molar-refractivity contribution >= 4 is 5.69 Å². The van der Waals surface area contributed by atoms with Gasteiger partial charge in [0.15, 0.2) is 0 Å². The van der Waals surface area contributed by atoms with Crippen LogP contribution < -0.4 is 10.6 Å². The zero-order chi connectivity index (χ0) is 12.8. The van der Waals surface area contributed by atoms with Crippen molar-refractivity contribution in [1.82, 2.24) is 0 Å². The molecule has 0 fully saturated rings. The van der Waals surface area contributed by atoms with Crippen molar-refractivity contribution < 1.29 is 0 Å². The van der Waals surface area contributed by atoms with Crippen LogP contribution in [-0.4, -0.2) is 19.1 Å². The number of anilines is 1. The summed E-state index contributed by atoms with van der Waals surface area (Å²) in [6.07, 6.45) is 8.01. The number of nitrogens with two attached hydrogens (primary N) is 1. The maximum absolute atomic E-state index is 5.93. The standard InChI is InChI=1S/C16H24N2/c1-2-3-11-18(16-7-5-4-6-8-16)13-14-9-10-15(17)12-14/h4-10,14-15H,2-3,11-13,17H2,1H3. The second-order valence-corrected chi connectivity index (χ2v) is 5.18. The molecule has 0 saturated heterocycles. The molecule has 1 aromatic carbocycles. The van der Waals surface area contributed by atoms with Crippen LogP contribution in [0.1, 0.15) is 26.2 Å². The third kappa shape index (κ3) is 3.61. The van der Waals surface area contributed by atoms with Gasteiger partial charge in [-0.3, -0.25) is 0 Å². The number of para-hydroxylation sites is 1. The van der Waals surface area contributed by atoms with E-state index < -0.39 is 0 Å². The van der Waals surface area contributed by atoms with E-state index in [1.54, 1.807) is 0 Å². The highest BCUT2D eigenvalue weighted by Gasteiger charge is 2.18. The van der Waals surface area contributed by atoms with Crippen LogP contribution >= 0.6 is 0 Å². The van der Waals surface area contributed by atoms with E-state index in [9.17, 15) is 0 Å². The molecule has 2 unspecified atom stereocenters. The summed E-state index contributed by atoms with van der Waals surface area (Å²) in [5.41, 5.74) is 7.27. The molecule has 2 heteroatoms. The van der Waals surface area contributed by atoms with Crippen molar-refractivity contribution in [2.24, 2.45) is 11.7 Å². The van der Waals surface area contributed by atoms with Gasteiger partial charge in [-0.2, -0.15) is 0 Å². The molecule has 2 N–H and O–H groups in total. The smallest absolute Gasteiger partial charge is 0.0366 e. The van der Waals surface area contributed by atoms with E-state index in [1.807, 2.05) is 0 Å². The average Bonchev–Trinajstić information content (AvgIpc) is 2.81. The molecular formula is C16H24N2. The van der Waals surface area contributed by atoms with Crippen LogP contribution in [0.5, 0.6) is 0 Å². The Balaban J connectivity index is 1.99. The minimum absolute atomic E-state index is 0.263. The highest BCUT2D eigenvalue weighted by atomic mass is 15.1. The zero-order valence-electron chi connectivity index (χ0n) is 11.3. The van der Waals surface area contributed by atoms with Crippen LogP contribution in [0.25, 0.3) is 0 Å². The fraction of sp³-hybridized carbons (Fsp3) is 0.500. The number of unbranched alkanes of at least 4 members (excludes halogenated alkanes) is 1. The molecule has 18 heavy (non-hydrogen) atoms. The van der Waals surface area contributed by atoms with E-state index in [-0.39, 0.29) is 6.04 Å². The van der Waals surface area contributed by atoms with Crippen LogP contribution in [0.4, 0.5) is 5.69 Å². The van der Waals surface area contributed by atoms with Gasteiger partial charge < -0.3 is 10.6 Å². The van der Waals surface area contributed by atoms with Crippen molar-refractivity contribution in [3.05, 3.63) is 42.5 Å². The summed E-state index contributed by atoms with van der Waals surface area (Å²) in [7, 11) is 0. The van der Waals surface area contributed by atoms with Gasteiger partial charge >= 0.3 is 0 Å². The molecule has 0 amide bonds.